The average molecular weight is 451 g/mol. The maximum atomic E-state index is 5.85. The lowest BCUT2D eigenvalue weighted by molar-refractivity contribution is 0.248. The molecule has 2 aromatic rings. The Balaban J connectivity index is 1.35. The Labute approximate surface area is 202 Å². The van der Waals surface area contributed by atoms with Crippen molar-refractivity contribution in [2.45, 2.75) is 110 Å². The predicted octanol–water partition coefficient (Wildman–Crippen LogP) is 8.81. The fourth-order valence-electron chi connectivity index (χ4n) is 5.11. The highest BCUT2D eigenvalue weighted by Crippen LogP contribution is 2.34. The molecular formula is C30H46N2O. The summed E-state index contributed by atoms with van der Waals surface area (Å²) in [7, 11) is 0. The van der Waals surface area contributed by atoms with E-state index in [1.54, 1.807) is 0 Å². The van der Waals surface area contributed by atoms with Crippen LogP contribution in [0, 0.1) is 11.8 Å². The van der Waals surface area contributed by atoms with Gasteiger partial charge in [0.25, 0.3) is 0 Å². The van der Waals surface area contributed by atoms with Crippen molar-refractivity contribution in [3.63, 3.8) is 0 Å². The molecule has 1 aliphatic rings. The van der Waals surface area contributed by atoms with Crippen molar-refractivity contribution in [1.82, 2.24) is 10.2 Å². The molecule has 0 amide bonds. The Bertz CT molecular complexity index is 748. The van der Waals surface area contributed by atoms with Crippen molar-refractivity contribution in [3.8, 4) is 17.0 Å². The number of ether oxygens (including phenoxy) is 1. The van der Waals surface area contributed by atoms with Crippen LogP contribution < -0.4 is 4.74 Å². The number of hydrogen-bond donors (Lipinski definition) is 0. The second kappa shape index (κ2) is 15.1. The third kappa shape index (κ3) is 9.47. The maximum absolute atomic E-state index is 5.85. The quantitative estimate of drug-likeness (QED) is 0.254. The summed E-state index contributed by atoms with van der Waals surface area (Å²) in [5.41, 5.74) is 3.17. The van der Waals surface area contributed by atoms with Crippen molar-refractivity contribution < 1.29 is 4.74 Å². The second-order valence-electron chi connectivity index (χ2n) is 10.1. The maximum Gasteiger partial charge on any atom is 0.119 e. The molecule has 182 valence electrons. The number of benzene rings is 1. The summed E-state index contributed by atoms with van der Waals surface area (Å²) < 4.78 is 5.85. The summed E-state index contributed by atoms with van der Waals surface area (Å²) >= 11 is 0. The lowest BCUT2D eigenvalue weighted by Crippen LogP contribution is -2.15. The number of hydrogen-bond acceptors (Lipinski definition) is 3. The molecule has 3 nitrogen and oxygen atoms in total. The topological polar surface area (TPSA) is 35.0 Å². The van der Waals surface area contributed by atoms with E-state index in [0.717, 1.165) is 54.0 Å². The van der Waals surface area contributed by atoms with Gasteiger partial charge in [0.1, 0.15) is 5.75 Å². The first-order valence-electron chi connectivity index (χ1n) is 13.8. The van der Waals surface area contributed by atoms with Gasteiger partial charge in [0, 0.05) is 5.56 Å². The van der Waals surface area contributed by atoms with Gasteiger partial charge < -0.3 is 4.74 Å². The van der Waals surface area contributed by atoms with E-state index in [2.05, 4.69) is 48.3 Å². The van der Waals surface area contributed by atoms with Gasteiger partial charge in [0.05, 0.1) is 18.0 Å². The highest BCUT2D eigenvalue weighted by molar-refractivity contribution is 5.59. The van der Waals surface area contributed by atoms with Crippen molar-refractivity contribution in [2.75, 3.05) is 6.61 Å². The van der Waals surface area contributed by atoms with E-state index in [0.29, 0.717) is 0 Å². The Kier molecular flexibility index (Phi) is 11.8. The first kappa shape index (κ1) is 25.7. The van der Waals surface area contributed by atoms with Crippen LogP contribution in [0.5, 0.6) is 5.75 Å². The van der Waals surface area contributed by atoms with Crippen LogP contribution in [0.15, 0.2) is 36.4 Å². The first-order valence-corrected chi connectivity index (χ1v) is 13.8. The molecule has 0 radical (unpaired) electrons. The zero-order chi connectivity index (χ0) is 23.1. The van der Waals surface area contributed by atoms with Crippen LogP contribution in [0.1, 0.15) is 109 Å². The molecule has 0 spiro atoms. The Morgan fingerprint density at radius 2 is 1.36 bits per heavy atom. The number of aromatic nitrogens is 2. The van der Waals surface area contributed by atoms with Crippen LogP contribution in [0.2, 0.25) is 0 Å². The van der Waals surface area contributed by atoms with Crippen LogP contribution in [0.25, 0.3) is 11.3 Å². The third-order valence-corrected chi connectivity index (χ3v) is 7.38. The van der Waals surface area contributed by atoms with Crippen LogP contribution in [-0.4, -0.2) is 16.8 Å². The third-order valence-electron chi connectivity index (χ3n) is 7.38. The van der Waals surface area contributed by atoms with E-state index >= 15 is 0 Å². The summed E-state index contributed by atoms with van der Waals surface area (Å²) in [6, 6.07) is 12.6. The molecule has 1 heterocycles. The molecular weight excluding hydrogens is 404 g/mol. The minimum Gasteiger partial charge on any atom is -0.494 e. The summed E-state index contributed by atoms with van der Waals surface area (Å²) in [6.45, 7) is 5.33. The molecule has 0 bridgehead atoms. The van der Waals surface area contributed by atoms with E-state index in [1.165, 1.54) is 83.5 Å². The summed E-state index contributed by atoms with van der Waals surface area (Å²) in [6.07, 6.45) is 20.1. The van der Waals surface area contributed by atoms with Gasteiger partial charge >= 0.3 is 0 Å². The monoisotopic (exact) mass is 450 g/mol. The molecule has 3 rings (SSSR count). The molecule has 33 heavy (non-hydrogen) atoms. The van der Waals surface area contributed by atoms with Crippen molar-refractivity contribution in [3.05, 3.63) is 42.1 Å². The fourth-order valence-corrected chi connectivity index (χ4v) is 5.11. The molecule has 1 saturated carbocycles. The van der Waals surface area contributed by atoms with Crippen LogP contribution in [0.3, 0.4) is 0 Å². The molecule has 0 N–H and O–H groups in total. The predicted molar refractivity (Wildman–Crippen MR) is 140 cm³/mol. The second-order valence-corrected chi connectivity index (χ2v) is 10.1. The molecule has 1 fully saturated rings. The van der Waals surface area contributed by atoms with E-state index in [4.69, 9.17) is 4.74 Å². The van der Waals surface area contributed by atoms with Crippen LogP contribution in [-0.2, 0) is 6.42 Å². The van der Waals surface area contributed by atoms with Crippen molar-refractivity contribution in [2.24, 2.45) is 11.8 Å². The lowest BCUT2D eigenvalue weighted by atomic mass is 9.78. The summed E-state index contributed by atoms with van der Waals surface area (Å²) in [4.78, 5) is 0. The molecule has 0 saturated heterocycles. The van der Waals surface area contributed by atoms with E-state index in [9.17, 15) is 0 Å². The molecule has 3 heteroatoms. The Morgan fingerprint density at radius 1 is 0.697 bits per heavy atom. The number of rotatable bonds is 15. The average Bonchev–Trinajstić information content (AvgIpc) is 2.87. The summed E-state index contributed by atoms with van der Waals surface area (Å²) in [5, 5.41) is 9.04. The van der Waals surface area contributed by atoms with Gasteiger partial charge in [-0.3, -0.25) is 0 Å². The van der Waals surface area contributed by atoms with Gasteiger partial charge in [-0.2, -0.15) is 10.2 Å². The Morgan fingerprint density at radius 3 is 2.00 bits per heavy atom. The standard InChI is InChI=1S/C30H46N2O/c1-3-5-7-9-11-25-12-14-26(15-13-25)16-19-28-20-23-30(32-31-28)27-17-21-29(22-18-27)33-24-10-8-6-4-2/h17-18,20-23,25-26H,3-16,19,24H2,1-2H3. The number of aryl methyl sites for hydroxylation is 1. The van der Waals surface area contributed by atoms with Crippen LogP contribution >= 0.6 is 0 Å². The SMILES string of the molecule is CCCCCCOc1ccc(-c2ccc(CCC3CCC(CCCCCC)CC3)nn2)cc1. The zero-order valence-electron chi connectivity index (χ0n) is 21.2. The lowest BCUT2D eigenvalue weighted by Gasteiger charge is -2.28. The van der Waals surface area contributed by atoms with Crippen molar-refractivity contribution in [1.29, 1.82) is 0 Å². The minimum absolute atomic E-state index is 0.800. The molecule has 0 atom stereocenters. The van der Waals surface area contributed by atoms with E-state index in [-0.39, 0.29) is 0 Å². The van der Waals surface area contributed by atoms with E-state index in [1.807, 2.05) is 12.1 Å². The van der Waals surface area contributed by atoms with Crippen molar-refractivity contribution >= 4 is 0 Å². The molecule has 0 unspecified atom stereocenters. The number of nitrogens with zero attached hydrogens (tertiary/aromatic N) is 2. The highest BCUT2D eigenvalue weighted by atomic mass is 16.5. The molecule has 1 aromatic heterocycles. The Hall–Kier alpha value is -1.90. The molecule has 1 aliphatic carbocycles. The van der Waals surface area contributed by atoms with E-state index < -0.39 is 0 Å². The normalized spacial score (nSPS) is 18.4. The number of unbranched alkanes of at least 4 members (excludes halogenated alkanes) is 6. The minimum atomic E-state index is 0.800. The first-order chi connectivity index (χ1) is 16.3. The van der Waals surface area contributed by atoms with Gasteiger partial charge in [0.2, 0.25) is 0 Å². The molecule has 1 aromatic carbocycles. The van der Waals surface area contributed by atoms with Gasteiger partial charge in [-0.1, -0.05) is 90.9 Å². The largest absolute Gasteiger partial charge is 0.494 e. The van der Waals surface area contributed by atoms with Gasteiger partial charge in [-0.15, -0.1) is 0 Å². The van der Waals surface area contributed by atoms with Crippen LogP contribution in [0.4, 0.5) is 0 Å². The highest BCUT2D eigenvalue weighted by Gasteiger charge is 2.20. The smallest absolute Gasteiger partial charge is 0.119 e. The van der Waals surface area contributed by atoms with Gasteiger partial charge in [-0.25, -0.2) is 0 Å². The summed E-state index contributed by atoms with van der Waals surface area (Å²) in [5.74, 6) is 2.82. The fraction of sp³-hybridized carbons (Fsp3) is 0.667. The van der Waals surface area contributed by atoms with Gasteiger partial charge in [-0.05, 0) is 67.5 Å². The van der Waals surface area contributed by atoms with Gasteiger partial charge in [0.15, 0.2) is 0 Å². The molecule has 0 aliphatic heterocycles. The zero-order valence-corrected chi connectivity index (χ0v) is 21.2.